The fourth-order valence-electron chi connectivity index (χ4n) is 1.49. The van der Waals surface area contributed by atoms with E-state index < -0.39 is 0 Å². The van der Waals surface area contributed by atoms with Crippen molar-refractivity contribution in [2.24, 2.45) is 5.10 Å². The summed E-state index contributed by atoms with van der Waals surface area (Å²) in [5.74, 6) is 0.144. The molecule has 2 aromatic carbocycles. The zero-order valence-corrected chi connectivity index (χ0v) is 12.4. The second-order valence-electron chi connectivity index (χ2n) is 4.06. The van der Waals surface area contributed by atoms with E-state index in [2.05, 4.69) is 10.5 Å². The molecule has 0 spiro atoms. The summed E-state index contributed by atoms with van der Waals surface area (Å²) >= 11 is 11.8. The second-order valence-corrected chi connectivity index (χ2v) is 4.90. The van der Waals surface area contributed by atoms with Crippen LogP contribution in [0.2, 0.25) is 10.0 Å². The van der Waals surface area contributed by atoms with Gasteiger partial charge in [-0.2, -0.15) is 5.10 Å². The third-order valence-corrected chi connectivity index (χ3v) is 3.04. The minimum Gasteiger partial charge on any atom is -0.484 e. The summed E-state index contributed by atoms with van der Waals surface area (Å²) in [5.41, 5.74) is 3.07. The van der Waals surface area contributed by atoms with Gasteiger partial charge in [-0.1, -0.05) is 47.5 Å². The molecule has 6 heteroatoms. The summed E-state index contributed by atoms with van der Waals surface area (Å²) in [6.45, 7) is -0.153. The molecule has 4 nitrogen and oxygen atoms in total. The number of rotatable bonds is 5. The van der Waals surface area contributed by atoms with Crippen molar-refractivity contribution in [1.82, 2.24) is 5.43 Å². The van der Waals surface area contributed by atoms with E-state index in [0.29, 0.717) is 15.8 Å². The SMILES string of the molecule is O=C(COc1cccc(Cl)c1)N/N=C/c1ccccc1Cl. The van der Waals surface area contributed by atoms with Crippen molar-refractivity contribution in [3.63, 3.8) is 0 Å². The summed E-state index contributed by atoms with van der Waals surface area (Å²) < 4.78 is 5.28. The summed E-state index contributed by atoms with van der Waals surface area (Å²) in [6, 6.07) is 14.0. The fourth-order valence-corrected chi connectivity index (χ4v) is 1.86. The molecule has 1 N–H and O–H groups in total. The van der Waals surface area contributed by atoms with Gasteiger partial charge in [0.1, 0.15) is 5.75 Å². The molecule has 0 aromatic heterocycles. The molecule has 2 rings (SSSR count). The van der Waals surface area contributed by atoms with Crippen LogP contribution in [0.25, 0.3) is 0 Å². The molecule has 0 aliphatic rings. The predicted molar refractivity (Wildman–Crippen MR) is 84.1 cm³/mol. The lowest BCUT2D eigenvalue weighted by atomic mass is 10.2. The summed E-state index contributed by atoms with van der Waals surface area (Å²) in [6.07, 6.45) is 1.47. The smallest absolute Gasteiger partial charge is 0.277 e. The average Bonchev–Trinajstić information content (AvgIpc) is 2.47. The van der Waals surface area contributed by atoms with Crippen LogP contribution in [0, 0.1) is 0 Å². The van der Waals surface area contributed by atoms with Crippen LogP contribution in [0.3, 0.4) is 0 Å². The Bertz CT molecular complexity index is 660. The molecule has 0 heterocycles. The first-order chi connectivity index (χ1) is 10.1. The summed E-state index contributed by atoms with van der Waals surface area (Å²) in [4.78, 5) is 11.6. The van der Waals surface area contributed by atoms with Crippen molar-refractivity contribution in [3.05, 3.63) is 64.1 Å². The monoisotopic (exact) mass is 322 g/mol. The summed E-state index contributed by atoms with van der Waals surface area (Å²) in [7, 11) is 0. The second kappa shape index (κ2) is 7.67. The van der Waals surface area contributed by atoms with E-state index in [-0.39, 0.29) is 12.5 Å². The van der Waals surface area contributed by atoms with Crippen LogP contribution >= 0.6 is 23.2 Å². The number of nitrogens with one attached hydrogen (secondary N) is 1. The van der Waals surface area contributed by atoms with Crippen LogP contribution in [0.5, 0.6) is 5.75 Å². The van der Waals surface area contributed by atoms with Crippen LogP contribution in [0.15, 0.2) is 53.6 Å². The minimum absolute atomic E-state index is 0.153. The summed E-state index contributed by atoms with van der Waals surface area (Å²) in [5, 5.41) is 4.92. The molecule has 0 saturated heterocycles. The number of hydrazone groups is 1. The molecular formula is C15H12Cl2N2O2. The van der Waals surface area contributed by atoms with Gasteiger partial charge in [0.25, 0.3) is 5.91 Å². The van der Waals surface area contributed by atoms with Crippen LogP contribution in [-0.2, 0) is 4.79 Å². The van der Waals surface area contributed by atoms with Crippen molar-refractivity contribution in [1.29, 1.82) is 0 Å². The molecular weight excluding hydrogens is 311 g/mol. The topological polar surface area (TPSA) is 50.7 Å². The Morgan fingerprint density at radius 2 is 2.00 bits per heavy atom. The van der Waals surface area contributed by atoms with E-state index in [4.69, 9.17) is 27.9 Å². The highest BCUT2D eigenvalue weighted by Gasteiger charge is 2.02. The Morgan fingerprint density at radius 1 is 1.19 bits per heavy atom. The average molecular weight is 323 g/mol. The van der Waals surface area contributed by atoms with Gasteiger partial charge in [0.05, 0.1) is 6.21 Å². The van der Waals surface area contributed by atoms with Crippen LogP contribution in [0.4, 0.5) is 0 Å². The maximum Gasteiger partial charge on any atom is 0.277 e. The lowest BCUT2D eigenvalue weighted by molar-refractivity contribution is -0.123. The van der Waals surface area contributed by atoms with Crippen molar-refractivity contribution in [3.8, 4) is 5.75 Å². The first kappa shape index (κ1) is 15.4. The lowest BCUT2D eigenvalue weighted by Crippen LogP contribution is -2.24. The first-order valence-corrected chi connectivity index (χ1v) is 6.85. The lowest BCUT2D eigenvalue weighted by Gasteiger charge is -2.05. The van der Waals surface area contributed by atoms with Crippen LogP contribution in [-0.4, -0.2) is 18.7 Å². The predicted octanol–water partition coefficient (Wildman–Crippen LogP) is 3.52. The zero-order chi connectivity index (χ0) is 15.1. The molecule has 0 radical (unpaired) electrons. The number of hydrogen-bond acceptors (Lipinski definition) is 3. The Labute approximate surface area is 132 Å². The number of nitrogens with zero attached hydrogens (tertiary/aromatic N) is 1. The van der Waals surface area contributed by atoms with E-state index in [1.54, 1.807) is 36.4 Å². The molecule has 0 saturated carbocycles. The normalized spacial score (nSPS) is 10.6. The molecule has 0 aliphatic heterocycles. The third-order valence-electron chi connectivity index (χ3n) is 2.46. The molecule has 0 aliphatic carbocycles. The Balaban J connectivity index is 1.81. The van der Waals surface area contributed by atoms with Gasteiger partial charge in [-0.25, -0.2) is 5.43 Å². The maximum atomic E-state index is 11.6. The van der Waals surface area contributed by atoms with Crippen LogP contribution in [0.1, 0.15) is 5.56 Å². The van der Waals surface area contributed by atoms with Gasteiger partial charge in [0, 0.05) is 15.6 Å². The maximum absolute atomic E-state index is 11.6. The standard InChI is InChI=1S/C15H12Cl2N2O2/c16-12-5-3-6-13(8-12)21-10-15(20)19-18-9-11-4-1-2-7-14(11)17/h1-9H,10H2,(H,19,20)/b18-9+. The van der Waals surface area contributed by atoms with Gasteiger partial charge < -0.3 is 4.74 Å². The number of amides is 1. The molecule has 0 fully saturated rings. The van der Waals surface area contributed by atoms with Gasteiger partial charge in [-0.05, 0) is 24.3 Å². The highest BCUT2D eigenvalue weighted by atomic mass is 35.5. The number of hydrogen-bond donors (Lipinski definition) is 1. The van der Waals surface area contributed by atoms with Gasteiger partial charge >= 0.3 is 0 Å². The van der Waals surface area contributed by atoms with Crippen molar-refractivity contribution < 1.29 is 9.53 Å². The molecule has 2 aromatic rings. The van der Waals surface area contributed by atoms with Gasteiger partial charge in [0.15, 0.2) is 6.61 Å². The Kier molecular flexibility index (Phi) is 5.60. The largest absolute Gasteiger partial charge is 0.484 e. The van der Waals surface area contributed by atoms with Gasteiger partial charge in [0.2, 0.25) is 0 Å². The van der Waals surface area contributed by atoms with E-state index in [1.807, 2.05) is 12.1 Å². The van der Waals surface area contributed by atoms with E-state index in [1.165, 1.54) is 6.21 Å². The van der Waals surface area contributed by atoms with Crippen LogP contribution < -0.4 is 10.2 Å². The molecule has 0 atom stereocenters. The minimum atomic E-state index is -0.377. The van der Waals surface area contributed by atoms with Gasteiger partial charge in [-0.3, -0.25) is 4.79 Å². The number of carbonyl (C=O) groups is 1. The highest BCUT2D eigenvalue weighted by molar-refractivity contribution is 6.33. The number of halogens is 2. The molecule has 1 amide bonds. The van der Waals surface area contributed by atoms with Crippen molar-refractivity contribution >= 4 is 35.3 Å². The molecule has 0 unspecified atom stereocenters. The quantitative estimate of drug-likeness (QED) is 0.676. The Hall–Kier alpha value is -2.04. The first-order valence-electron chi connectivity index (χ1n) is 6.10. The number of ether oxygens (including phenoxy) is 1. The molecule has 108 valence electrons. The molecule has 21 heavy (non-hydrogen) atoms. The highest BCUT2D eigenvalue weighted by Crippen LogP contribution is 2.16. The van der Waals surface area contributed by atoms with Crippen molar-refractivity contribution in [2.45, 2.75) is 0 Å². The fraction of sp³-hybridized carbons (Fsp3) is 0.0667. The van der Waals surface area contributed by atoms with Gasteiger partial charge in [-0.15, -0.1) is 0 Å². The molecule has 0 bridgehead atoms. The third kappa shape index (κ3) is 5.10. The van der Waals surface area contributed by atoms with E-state index >= 15 is 0 Å². The van der Waals surface area contributed by atoms with E-state index in [0.717, 1.165) is 5.56 Å². The van der Waals surface area contributed by atoms with Crippen molar-refractivity contribution in [2.75, 3.05) is 6.61 Å². The number of carbonyl (C=O) groups excluding carboxylic acids is 1. The Morgan fingerprint density at radius 3 is 2.76 bits per heavy atom. The van der Waals surface area contributed by atoms with E-state index in [9.17, 15) is 4.79 Å². The zero-order valence-electron chi connectivity index (χ0n) is 10.9. The number of benzene rings is 2.